The highest BCUT2D eigenvalue weighted by Crippen LogP contribution is 2.41. The summed E-state index contributed by atoms with van der Waals surface area (Å²) in [6.07, 6.45) is 33.4. The normalized spacial score (nSPS) is 20.2. The number of anilines is 10. The standard InChI is InChI=1S/C22H21N5O4S.C21H16ClN7O2.C20H24N6O3.C20H24N6O2.C19H20F2N6O2/c1-32(30,31)12-13-3-2-4-14(7-13)18-10-19(24-16-5-6-16)21-23-11-17(27(21)26-18)8-15-9-20(28)25-22(15)29;22-15-5-11(9-23)1-4-16(15)26-17-8-18(25-14-2-3-14)29-20(27-17)13(10-24-29)6-12-7-19(30)28-21(12)31;27-18-8-13(20(28)25-18)7-14-11-22-26-17(21-10-12-1-2-12)9-16(24-19(14)26)23-15-3-5-29-6-4-15;1-11(13-4-5-13)23-16-8-17(21-9-12-2-3-12)26-19(24-16)15(10-22-26)6-14-7-18(27)25-20(14)28;20-19(21)3-5-26(6-4-19)15-9-14(23-12-1-2-12)17-22-10-13(27(17)25-15)7-11-8-16(28)24-18(11)29/h2-4,7-8,10-11,16,24H,5-6,9,12H2,1H3,(H,25,28,29);1,4-6,8,10,14,25H,2-3,7H2,(H,26,27)(H,28,30,31);7,9,11-12,15,21H,1-6,8,10H2,(H,23,24)(H,25,27,28);6,8,10-13,21H,2-5,7,9H2,1H3,(H,23,24)(H,25,27,28);7,9-10,12,23H,1-6,8H2,(H,24,28,29)/b15-8+;12-6+;13-7+;14-6+;11-7+. The van der Waals surface area contributed by atoms with Crippen LogP contribution in [0.4, 0.5) is 66.6 Å². The Labute approximate surface area is 854 Å². The number of carbonyl (C=O) groups excluding carboxylic acids is 10. The van der Waals surface area contributed by atoms with E-state index in [4.69, 9.17) is 36.7 Å². The molecule has 25 rings (SSSR count). The van der Waals surface area contributed by atoms with Gasteiger partial charge >= 0.3 is 0 Å². The van der Waals surface area contributed by atoms with Crippen molar-refractivity contribution < 1.29 is 69.9 Å². The third-order valence-electron chi connectivity index (χ3n) is 27.0. The van der Waals surface area contributed by atoms with Crippen molar-refractivity contribution in [1.29, 1.82) is 5.26 Å². The van der Waals surface area contributed by atoms with Gasteiger partial charge in [-0.3, -0.25) is 74.5 Å². The number of nitrogens with zero attached hydrogens (tertiary/aromatic N) is 17. The van der Waals surface area contributed by atoms with Crippen LogP contribution in [0.25, 0.3) is 69.9 Å². The average Bonchev–Trinajstić information content (AvgIpc) is 1.63. The van der Waals surface area contributed by atoms with E-state index in [-0.39, 0.29) is 105 Å². The Bertz CT molecular complexity index is 7830. The number of alkyl halides is 2. The lowest BCUT2D eigenvalue weighted by molar-refractivity contribution is -0.125. The molecule has 6 aliphatic carbocycles. The van der Waals surface area contributed by atoms with E-state index in [2.05, 4.69) is 117 Å². The second kappa shape index (κ2) is 41.5. The molecule has 768 valence electrons. The van der Waals surface area contributed by atoms with Crippen LogP contribution in [0, 0.1) is 29.1 Å². The summed E-state index contributed by atoms with van der Waals surface area (Å²) in [7, 11) is -3.17. The van der Waals surface area contributed by atoms with Gasteiger partial charge in [-0.1, -0.05) is 29.8 Å². The van der Waals surface area contributed by atoms with E-state index in [1.165, 1.54) is 44.8 Å². The molecule has 7 saturated heterocycles. The van der Waals surface area contributed by atoms with E-state index in [0.717, 1.165) is 147 Å². The monoisotopic (exact) mass is 2060 g/mol. The van der Waals surface area contributed by atoms with Crippen molar-refractivity contribution in [3.8, 4) is 17.3 Å². The molecule has 10 amide bonds. The first-order chi connectivity index (χ1) is 71.8. The lowest BCUT2D eigenvalue weighted by Crippen LogP contribution is -2.40. The van der Waals surface area contributed by atoms with Crippen molar-refractivity contribution >= 4 is 197 Å². The Balaban J connectivity index is 0.000000109. The van der Waals surface area contributed by atoms with Crippen molar-refractivity contribution in [3.05, 3.63) is 176 Å². The van der Waals surface area contributed by atoms with Crippen molar-refractivity contribution in [3.63, 3.8) is 0 Å². The van der Waals surface area contributed by atoms with Gasteiger partial charge in [0.25, 0.3) is 35.5 Å². The lowest BCUT2D eigenvalue weighted by Gasteiger charge is -2.32. The largest absolute Gasteiger partial charge is 0.381 e. The predicted molar refractivity (Wildman–Crippen MR) is 549 cm³/mol. The van der Waals surface area contributed by atoms with E-state index >= 15 is 0 Å². The number of ether oxygens (including phenoxy) is 1. The fraction of sp³-hybridized carbons (Fsp3) is 0.382. The molecule has 0 radical (unpaired) electrons. The molecule has 6 saturated carbocycles. The zero-order chi connectivity index (χ0) is 103. The van der Waals surface area contributed by atoms with Gasteiger partial charge in [-0.2, -0.15) is 39.2 Å². The molecule has 13 aliphatic rings. The summed E-state index contributed by atoms with van der Waals surface area (Å²) in [5.74, 6) is 1.19. The van der Waals surface area contributed by atoms with Crippen LogP contribution in [-0.4, -0.2) is 222 Å². The summed E-state index contributed by atoms with van der Waals surface area (Å²) in [6.45, 7) is 5.95. The van der Waals surface area contributed by atoms with E-state index in [9.17, 15) is 65.1 Å². The fourth-order valence-corrected chi connectivity index (χ4v) is 19.0. The first-order valence-electron chi connectivity index (χ1n) is 49.8. The van der Waals surface area contributed by atoms with Crippen LogP contribution in [0.3, 0.4) is 0 Å². The third kappa shape index (κ3) is 24.2. The maximum atomic E-state index is 13.6. The molecule has 43 nitrogen and oxygen atoms in total. The number of benzene rings is 2. The minimum absolute atomic E-state index is 0.0140. The van der Waals surface area contributed by atoms with Crippen molar-refractivity contribution in [2.75, 3.05) is 93.1 Å². The number of hydrogen-bond acceptors (Lipinski definition) is 33. The highest BCUT2D eigenvalue weighted by Gasteiger charge is 2.38. The van der Waals surface area contributed by atoms with Crippen LogP contribution in [0.15, 0.2) is 132 Å². The summed E-state index contributed by atoms with van der Waals surface area (Å²) in [4.78, 5) is 142. The zero-order valence-electron chi connectivity index (χ0n) is 81.1. The quantitative estimate of drug-likeness (QED) is 0.0160. The van der Waals surface area contributed by atoms with Crippen LogP contribution in [0.1, 0.15) is 181 Å². The third-order valence-corrected chi connectivity index (χ3v) is 28.2. The summed E-state index contributed by atoms with van der Waals surface area (Å²) in [6, 6.07) is 25.7. The molecule has 12 aromatic rings. The number of nitrogens with one attached hydrogen (secondary N) is 13. The number of hydrogen-bond donors (Lipinski definition) is 13. The van der Waals surface area contributed by atoms with E-state index < -0.39 is 33.5 Å². The molecule has 1 atom stereocenters. The molecule has 2 aromatic carbocycles. The number of fused-ring (bicyclic) bond motifs is 5. The number of amides is 10. The van der Waals surface area contributed by atoms with Crippen molar-refractivity contribution in [2.24, 2.45) is 17.8 Å². The number of halogens is 3. The van der Waals surface area contributed by atoms with E-state index in [1.54, 1.807) is 114 Å². The summed E-state index contributed by atoms with van der Waals surface area (Å²) < 4.78 is 64.5. The van der Waals surface area contributed by atoms with Gasteiger partial charge in [0.2, 0.25) is 29.5 Å². The van der Waals surface area contributed by atoms with Gasteiger partial charge in [0.1, 0.15) is 34.9 Å². The highest BCUT2D eigenvalue weighted by molar-refractivity contribution is 7.89. The maximum absolute atomic E-state index is 13.6. The number of sulfone groups is 1. The molecule has 7 aliphatic heterocycles. The number of nitriles is 1. The Kier molecular flexibility index (Phi) is 27.5. The highest BCUT2D eigenvalue weighted by atomic mass is 35.5. The van der Waals surface area contributed by atoms with Gasteiger partial charge in [0.05, 0.1) is 120 Å². The van der Waals surface area contributed by atoms with E-state index in [0.29, 0.717) is 148 Å². The molecule has 1 unspecified atom stereocenters. The number of piperidine rings is 1. The Morgan fingerprint density at radius 1 is 0.490 bits per heavy atom. The topological polar surface area (TPSA) is 548 Å². The molecule has 47 heteroatoms. The molecule has 10 aromatic heterocycles. The van der Waals surface area contributed by atoms with Crippen LogP contribution in [0.5, 0.6) is 0 Å². The Morgan fingerprint density at radius 3 is 1.40 bits per heavy atom. The van der Waals surface area contributed by atoms with Gasteiger partial charge in [0, 0.05) is 163 Å². The number of aromatic nitrogens is 15. The first-order valence-corrected chi connectivity index (χ1v) is 52.2. The number of carbonyl (C=O) groups is 10. The molecule has 13 N–H and O–H groups in total. The predicted octanol–water partition coefficient (Wildman–Crippen LogP) is 10.7. The van der Waals surface area contributed by atoms with Gasteiger partial charge in [-0.05, 0) is 181 Å². The zero-order valence-corrected chi connectivity index (χ0v) is 82.6. The summed E-state index contributed by atoms with van der Waals surface area (Å²) >= 11 is 6.30. The fourth-order valence-electron chi connectivity index (χ4n) is 18.0. The van der Waals surface area contributed by atoms with Gasteiger partial charge in [0.15, 0.2) is 43.9 Å². The average molecular weight is 2060 g/mol. The maximum Gasteiger partial charge on any atom is 0.254 e. The second-order valence-electron chi connectivity index (χ2n) is 39.7. The molecule has 0 spiro atoms. The van der Waals surface area contributed by atoms with Gasteiger partial charge in [-0.25, -0.2) is 51.1 Å². The molecular formula is C102H105ClF2N30O13S. The molecule has 0 bridgehead atoms. The second-order valence-corrected chi connectivity index (χ2v) is 42.2. The van der Waals surface area contributed by atoms with Crippen LogP contribution in [0.2, 0.25) is 5.02 Å². The Hall–Kier alpha value is -16.3. The van der Waals surface area contributed by atoms with Crippen LogP contribution < -0.4 is 74.0 Å². The number of imidazole rings is 2. The summed E-state index contributed by atoms with van der Waals surface area (Å²) in [5, 5.41) is 71.1. The molecule has 13 fully saturated rings. The molecular weight excluding hydrogens is 1960 g/mol. The van der Waals surface area contributed by atoms with Gasteiger partial charge in [-0.15, -0.1) is 5.10 Å². The van der Waals surface area contributed by atoms with E-state index in [1.807, 2.05) is 47.4 Å². The SMILES string of the molecule is CC(Nc1cc(NCC2CC2)n2ncc(/C=C3\CC(=O)NC3=O)c2n1)C1CC1.CS(=O)(=O)Cc1cccc(-c2cc(NC3CC3)c3ncc(/C=C4\CC(=O)NC4=O)n3n2)c1.N#Cc1ccc(Nc2cc(NC3CC3)n3ncc(/C=C4\CC(=O)NC4=O)c3n2)c(Cl)c1.O=C1C/C(=C\c2cnc3c(NC4CC4)cc(N4CCC(F)(F)CC4)nn23)C(=O)N1.O=C1C/C(=C\c2cnn3c(NCC4CC4)cc(NC4CCOCC4)nc23)C(=O)N1. The van der Waals surface area contributed by atoms with Crippen molar-refractivity contribution in [1.82, 2.24) is 99.6 Å². The minimum atomic E-state index is -3.17. The number of imide groups is 5. The van der Waals surface area contributed by atoms with Gasteiger partial charge < -0.3 is 52.2 Å². The minimum Gasteiger partial charge on any atom is -0.381 e. The van der Waals surface area contributed by atoms with Crippen LogP contribution >= 0.6 is 11.6 Å². The van der Waals surface area contributed by atoms with Crippen LogP contribution in [-0.2, 0) is 68.3 Å². The molecule has 149 heavy (non-hydrogen) atoms. The molecule has 17 heterocycles. The lowest BCUT2D eigenvalue weighted by atomic mass is 10.1. The summed E-state index contributed by atoms with van der Waals surface area (Å²) in [5.41, 5.74) is 13.0. The first kappa shape index (κ1) is 98.7. The number of rotatable bonds is 28. The Morgan fingerprint density at radius 2 is 0.940 bits per heavy atom. The van der Waals surface area contributed by atoms with Crippen molar-refractivity contribution in [2.45, 2.75) is 184 Å². The smallest absolute Gasteiger partial charge is 0.254 e.